The first-order valence-electron chi connectivity index (χ1n) is 8.95. The topological polar surface area (TPSA) is 69.4 Å². The van der Waals surface area contributed by atoms with Gasteiger partial charge in [-0.05, 0) is 51.6 Å². The maximum absolute atomic E-state index is 12.0. The third kappa shape index (κ3) is 3.33. The molecule has 0 saturated heterocycles. The van der Waals surface area contributed by atoms with E-state index < -0.39 is 17.3 Å². The SMILES string of the molecule is NC(=O)C(OCC1c2ccccc2-c2ccccc21)c1ccc(C(=O)Cl)cc1. The molecular weight excluding hydrogens is 374 g/mol. The van der Waals surface area contributed by atoms with Gasteiger partial charge in [0, 0.05) is 11.5 Å². The maximum Gasteiger partial charge on any atom is 0.252 e. The van der Waals surface area contributed by atoms with E-state index in [2.05, 4.69) is 24.3 Å². The average molecular weight is 392 g/mol. The molecule has 28 heavy (non-hydrogen) atoms. The summed E-state index contributed by atoms with van der Waals surface area (Å²) in [6.45, 7) is 0.317. The molecule has 0 bridgehead atoms. The lowest BCUT2D eigenvalue weighted by Crippen LogP contribution is -2.25. The van der Waals surface area contributed by atoms with Crippen LogP contribution in [-0.4, -0.2) is 17.8 Å². The van der Waals surface area contributed by atoms with E-state index in [1.165, 1.54) is 22.3 Å². The highest BCUT2D eigenvalue weighted by Gasteiger charge is 2.30. The van der Waals surface area contributed by atoms with Gasteiger partial charge in [-0.2, -0.15) is 0 Å². The minimum atomic E-state index is -0.903. The predicted octanol–water partition coefficient (Wildman–Crippen LogP) is 4.42. The second-order valence-corrected chi connectivity index (χ2v) is 7.08. The first-order valence-corrected chi connectivity index (χ1v) is 9.33. The number of carbonyl (C=O) groups is 2. The lowest BCUT2D eigenvalue weighted by atomic mass is 9.98. The molecule has 1 aliphatic carbocycles. The Labute approximate surface area is 167 Å². The van der Waals surface area contributed by atoms with Crippen LogP contribution < -0.4 is 5.73 Å². The number of carbonyl (C=O) groups excluding carboxylic acids is 2. The molecule has 0 saturated carbocycles. The van der Waals surface area contributed by atoms with Crippen LogP contribution in [0.1, 0.15) is 39.1 Å². The minimum absolute atomic E-state index is 0.0259. The van der Waals surface area contributed by atoms with Crippen molar-refractivity contribution < 1.29 is 14.3 Å². The van der Waals surface area contributed by atoms with Crippen LogP contribution in [-0.2, 0) is 9.53 Å². The molecule has 5 heteroatoms. The highest BCUT2D eigenvalue weighted by molar-refractivity contribution is 6.67. The summed E-state index contributed by atoms with van der Waals surface area (Å²) >= 11 is 5.48. The Bertz CT molecular complexity index is 1000. The quantitative estimate of drug-likeness (QED) is 0.632. The van der Waals surface area contributed by atoms with E-state index in [1.54, 1.807) is 24.3 Å². The van der Waals surface area contributed by atoms with Crippen LogP contribution in [0, 0.1) is 0 Å². The van der Waals surface area contributed by atoms with Gasteiger partial charge in [0.15, 0.2) is 6.10 Å². The third-order valence-electron chi connectivity index (χ3n) is 5.09. The minimum Gasteiger partial charge on any atom is -0.367 e. The number of hydrogen-bond donors (Lipinski definition) is 1. The molecule has 1 unspecified atom stereocenters. The van der Waals surface area contributed by atoms with Gasteiger partial charge in [-0.1, -0.05) is 60.7 Å². The van der Waals surface area contributed by atoms with Crippen LogP contribution in [0.5, 0.6) is 0 Å². The van der Waals surface area contributed by atoms with Crippen molar-refractivity contribution in [1.29, 1.82) is 0 Å². The number of fused-ring (bicyclic) bond motifs is 3. The Hall–Kier alpha value is -2.95. The van der Waals surface area contributed by atoms with Gasteiger partial charge in [-0.15, -0.1) is 0 Å². The van der Waals surface area contributed by atoms with Crippen LogP contribution in [0.2, 0.25) is 0 Å². The number of hydrogen-bond acceptors (Lipinski definition) is 3. The van der Waals surface area contributed by atoms with Gasteiger partial charge in [-0.3, -0.25) is 9.59 Å². The predicted molar refractivity (Wildman–Crippen MR) is 108 cm³/mol. The first-order chi connectivity index (χ1) is 13.6. The summed E-state index contributed by atoms with van der Waals surface area (Å²) in [6.07, 6.45) is -0.903. The number of ether oxygens (including phenoxy) is 1. The molecular formula is C23H18ClNO3. The number of amides is 1. The molecule has 0 spiro atoms. The van der Waals surface area contributed by atoms with Crippen molar-refractivity contribution in [2.75, 3.05) is 6.61 Å². The Morgan fingerprint density at radius 1 is 0.893 bits per heavy atom. The number of primary amides is 1. The zero-order valence-corrected chi connectivity index (χ0v) is 15.7. The van der Waals surface area contributed by atoms with E-state index in [9.17, 15) is 9.59 Å². The van der Waals surface area contributed by atoms with E-state index in [0.717, 1.165) is 0 Å². The summed E-state index contributed by atoms with van der Waals surface area (Å²) in [6, 6.07) is 22.8. The number of rotatable bonds is 6. The fourth-order valence-corrected chi connectivity index (χ4v) is 3.89. The molecule has 0 heterocycles. The molecule has 0 aromatic heterocycles. The van der Waals surface area contributed by atoms with E-state index in [1.807, 2.05) is 24.3 Å². The standard InChI is InChI=1S/C23H18ClNO3/c24-22(26)15-11-9-14(10-12-15)21(23(25)27)28-13-20-18-7-3-1-5-16(18)17-6-2-4-8-19(17)20/h1-12,20-21H,13H2,(H2,25,27). The van der Waals surface area contributed by atoms with E-state index in [-0.39, 0.29) is 5.92 Å². The van der Waals surface area contributed by atoms with Crippen molar-refractivity contribution in [3.63, 3.8) is 0 Å². The van der Waals surface area contributed by atoms with Gasteiger partial charge in [0.2, 0.25) is 0 Å². The molecule has 2 N–H and O–H groups in total. The van der Waals surface area contributed by atoms with Gasteiger partial charge in [0.1, 0.15) is 0 Å². The van der Waals surface area contributed by atoms with Crippen molar-refractivity contribution in [3.8, 4) is 11.1 Å². The van der Waals surface area contributed by atoms with Crippen molar-refractivity contribution in [2.24, 2.45) is 5.73 Å². The molecule has 1 atom stereocenters. The molecule has 0 fully saturated rings. The van der Waals surface area contributed by atoms with Gasteiger partial charge in [0.25, 0.3) is 11.1 Å². The molecule has 0 radical (unpaired) electrons. The van der Waals surface area contributed by atoms with Crippen LogP contribution in [0.15, 0.2) is 72.8 Å². The summed E-state index contributed by atoms with van der Waals surface area (Å²) < 4.78 is 6.00. The zero-order chi connectivity index (χ0) is 19.7. The third-order valence-corrected chi connectivity index (χ3v) is 5.31. The van der Waals surface area contributed by atoms with Crippen molar-refractivity contribution in [3.05, 3.63) is 95.1 Å². The molecule has 3 aromatic carbocycles. The average Bonchev–Trinajstić information content (AvgIpc) is 3.02. The lowest BCUT2D eigenvalue weighted by Gasteiger charge is -2.19. The summed E-state index contributed by atoms with van der Waals surface area (Å²) in [7, 11) is 0. The number of halogens is 1. The summed E-state index contributed by atoms with van der Waals surface area (Å²) in [4.78, 5) is 23.3. The van der Waals surface area contributed by atoms with Crippen LogP contribution >= 0.6 is 11.6 Å². The van der Waals surface area contributed by atoms with Crippen molar-refractivity contribution >= 4 is 22.8 Å². The van der Waals surface area contributed by atoms with Crippen LogP contribution in [0.3, 0.4) is 0 Å². The fourth-order valence-electron chi connectivity index (χ4n) is 3.76. The molecule has 3 aromatic rings. The molecule has 0 aliphatic heterocycles. The lowest BCUT2D eigenvalue weighted by molar-refractivity contribution is -0.130. The second-order valence-electron chi connectivity index (χ2n) is 6.74. The van der Waals surface area contributed by atoms with Gasteiger partial charge >= 0.3 is 0 Å². The molecule has 4 rings (SSSR count). The molecule has 1 amide bonds. The fraction of sp³-hybridized carbons (Fsp3) is 0.130. The summed E-state index contributed by atoms with van der Waals surface area (Å²) in [5.41, 5.74) is 11.3. The summed E-state index contributed by atoms with van der Waals surface area (Å²) in [5, 5.41) is -0.553. The monoisotopic (exact) mass is 391 g/mol. The van der Waals surface area contributed by atoms with Crippen LogP contribution in [0.4, 0.5) is 0 Å². The van der Waals surface area contributed by atoms with Gasteiger partial charge < -0.3 is 10.5 Å². The zero-order valence-electron chi connectivity index (χ0n) is 15.0. The Morgan fingerprint density at radius 2 is 1.43 bits per heavy atom. The van der Waals surface area contributed by atoms with Crippen molar-refractivity contribution in [2.45, 2.75) is 12.0 Å². The Morgan fingerprint density at radius 3 is 1.93 bits per heavy atom. The molecule has 1 aliphatic rings. The van der Waals surface area contributed by atoms with Crippen molar-refractivity contribution in [1.82, 2.24) is 0 Å². The normalized spacial score (nSPS) is 13.6. The Kier molecular flexibility index (Phi) is 4.99. The molecule has 140 valence electrons. The Balaban J connectivity index is 1.60. The van der Waals surface area contributed by atoms with E-state index >= 15 is 0 Å². The smallest absolute Gasteiger partial charge is 0.252 e. The van der Waals surface area contributed by atoms with E-state index in [4.69, 9.17) is 22.1 Å². The second kappa shape index (κ2) is 7.58. The number of benzene rings is 3. The van der Waals surface area contributed by atoms with Crippen LogP contribution in [0.25, 0.3) is 11.1 Å². The first kappa shape index (κ1) is 18.4. The van der Waals surface area contributed by atoms with E-state index in [0.29, 0.717) is 17.7 Å². The maximum atomic E-state index is 12.0. The van der Waals surface area contributed by atoms with Gasteiger partial charge in [0.05, 0.1) is 6.61 Å². The highest BCUT2D eigenvalue weighted by atomic mass is 35.5. The number of nitrogens with two attached hydrogens (primary N) is 1. The highest BCUT2D eigenvalue weighted by Crippen LogP contribution is 2.44. The van der Waals surface area contributed by atoms with Gasteiger partial charge in [-0.25, -0.2) is 0 Å². The summed E-state index contributed by atoms with van der Waals surface area (Å²) in [5.74, 6) is -0.553. The largest absolute Gasteiger partial charge is 0.367 e. The molecule has 4 nitrogen and oxygen atoms in total.